The van der Waals surface area contributed by atoms with E-state index in [4.69, 9.17) is 10.2 Å². The van der Waals surface area contributed by atoms with E-state index in [9.17, 15) is 47.9 Å². The van der Waals surface area contributed by atoms with Gasteiger partial charge in [-0.15, -0.1) is 0 Å². The van der Waals surface area contributed by atoms with Gasteiger partial charge in [0.25, 0.3) is 23.6 Å². The van der Waals surface area contributed by atoms with Crippen molar-refractivity contribution < 1.29 is 58.2 Å². The van der Waals surface area contributed by atoms with E-state index in [2.05, 4.69) is 21.3 Å². The summed E-state index contributed by atoms with van der Waals surface area (Å²) in [4.78, 5) is 123. The smallest absolute Gasteiger partial charge is 0.303 e. The van der Waals surface area contributed by atoms with Crippen molar-refractivity contribution in [2.24, 2.45) is 0 Å². The number of hydrogen-bond acceptors (Lipinski definition) is 10. The normalized spacial score (nSPS) is 15.1. The van der Waals surface area contributed by atoms with Gasteiger partial charge in [-0.2, -0.15) is 0 Å². The minimum absolute atomic E-state index is 0.000841. The maximum absolute atomic E-state index is 13.2. The monoisotopic (exact) mass is 648 g/mol. The molecule has 2 atom stereocenters. The van der Waals surface area contributed by atoms with Crippen LogP contribution in [0.1, 0.15) is 51.4 Å². The molecule has 2 heterocycles. The van der Waals surface area contributed by atoms with Crippen molar-refractivity contribution in [2.45, 2.75) is 63.5 Å². The second-order valence-electron chi connectivity index (χ2n) is 10.2. The first-order valence-corrected chi connectivity index (χ1v) is 14.4. The molecule has 250 valence electrons. The van der Waals surface area contributed by atoms with Crippen LogP contribution in [-0.2, 0) is 47.9 Å². The Morgan fingerprint density at radius 2 is 0.870 bits per heavy atom. The topological polar surface area (TPSA) is 266 Å². The van der Waals surface area contributed by atoms with Gasteiger partial charge in [0.2, 0.25) is 23.6 Å². The van der Waals surface area contributed by atoms with E-state index >= 15 is 0 Å². The average molecular weight is 649 g/mol. The van der Waals surface area contributed by atoms with Crippen molar-refractivity contribution in [2.75, 3.05) is 26.2 Å². The van der Waals surface area contributed by atoms with Crippen LogP contribution in [0.3, 0.4) is 0 Å². The second kappa shape index (κ2) is 18.4. The highest BCUT2D eigenvalue weighted by Crippen LogP contribution is 2.08. The highest BCUT2D eigenvalue weighted by molar-refractivity contribution is 6.13. The fraction of sp³-hybridized carbons (Fsp3) is 0.500. The second-order valence-corrected chi connectivity index (χ2v) is 10.2. The molecule has 2 unspecified atom stereocenters. The van der Waals surface area contributed by atoms with Crippen molar-refractivity contribution in [3.05, 3.63) is 24.3 Å². The fourth-order valence-corrected chi connectivity index (χ4v) is 4.31. The maximum Gasteiger partial charge on any atom is 0.303 e. The summed E-state index contributed by atoms with van der Waals surface area (Å²) in [6.07, 6.45) is 3.14. The van der Waals surface area contributed by atoms with E-state index in [1.165, 1.54) is 0 Å². The Morgan fingerprint density at radius 3 is 1.17 bits per heavy atom. The highest BCUT2D eigenvalue weighted by atomic mass is 16.4. The standard InChI is InChI=1S/C28H36N6O12/c35-17(5-3-15-33-19(37)9-10-20(33)38)31-25(27(45)29-13-1-7-23(41)42)26(28(46)30-14-2-8-24(43)44)32-18(36)6-4-16-34-21(39)11-12-22(34)40/h9-12,25-26H,1-8,13-16H2,(H,29,45)(H,30,46)(H,31,35)(H,32,36)(H,41,42)(H,43,44). The van der Waals surface area contributed by atoms with Crippen LogP contribution in [0.2, 0.25) is 0 Å². The third-order valence-electron chi connectivity index (χ3n) is 6.64. The summed E-state index contributed by atoms with van der Waals surface area (Å²) in [5.41, 5.74) is 0. The number of carbonyl (C=O) groups excluding carboxylic acids is 8. The Balaban J connectivity index is 2.16. The molecule has 46 heavy (non-hydrogen) atoms. The van der Waals surface area contributed by atoms with Gasteiger partial charge < -0.3 is 31.5 Å². The molecule has 0 saturated carbocycles. The molecule has 0 aromatic carbocycles. The first kappa shape index (κ1) is 36.8. The van der Waals surface area contributed by atoms with Crippen molar-refractivity contribution in [1.29, 1.82) is 0 Å². The SMILES string of the molecule is O=C(O)CCCNC(=O)C(NC(=O)CCCN1C(=O)C=CC1=O)C(NC(=O)CCCN1C(=O)C=CC1=O)C(=O)NCCCC(=O)O. The number of aliphatic carboxylic acids is 2. The summed E-state index contributed by atoms with van der Waals surface area (Å²) in [5.74, 6) is -7.92. The molecule has 0 aliphatic carbocycles. The van der Waals surface area contributed by atoms with Crippen LogP contribution in [0.15, 0.2) is 24.3 Å². The molecule has 6 N–H and O–H groups in total. The molecule has 0 radical (unpaired) electrons. The lowest BCUT2D eigenvalue weighted by atomic mass is 10.0. The number of carbonyl (C=O) groups is 10. The summed E-state index contributed by atoms with van der Waals surface area (Å²) < 4.78 is 0. The van der Waals surface area contributed by atoms with E-state index in [1.54, 1.807) is 0 Å². The molecule has 0 fully saturated rings. The third-order valence-corrected chi connectivity index (χ3v) is 6.64. The zero-order valence-corrected chi connectivity index (χ0v) is 24.8. The van der Waals surface area contributed by atoms with Crippen LogP contribution in [0, 0.1) is 0 Å². The van der Waals surface area contributed by atoms with Crippen LogP contribution >= 0.6 is 0 Å². The van der Waals surface area contributed by atoms with Gasteiger partial charge in [0.1, 0.15) is 12.1 Å². The first-order valence-electron chi connectivity index (χ1n) is 14.4. The molecular weight excluding hydrogens is 612 g/mol. The molecule has 0 spiro atoms. The van der Waals surface area contributed by atoms with E-state index in [1.807, 2.05) is 0 Å². The van der Waals surface area contributed by atoms with E-state index in [0.717, 1.165) is 34.1 Å². The van der Waals surface area contributed by atoms with Crippen LogP contribution in [-0.4, -0.2) is 117 Å². The average Bonchev–Trinajstić information content (AvgIpc) is 3.49. The van der Waals surface area contributed by atoms with Crippen molar-refractivity contribution in [3.8, 4) is 0 Å². The van der Waals surface area contributed by atoms with Crippen molar-refractivity contribution in [1.82, 2.24) is 31.1 Å². The predicted molar refractivity (Wildman–Crippen MR) is 154 cm³/mol. The van der Waals surface area contributed by atoms with Gasteiger partial charge in [-0.3, -0.25) is 57.7 Å². The van der Waals surface area contributed by atoms with E-state index in [0.29, 0.717) is 0 Å². The Bertz CT molecular complexity index is 1180. The van der Waals surface area contributed by atoms with Gasteiger partial charge >= 0.3 is 11.9 Å². The number of hydrogen-bond donors (Lipinski definition) is 6. The lowest BCUT2D eigenvalue weighted by Gasteiger charge is -2.28. The Labute approximate surface area is 262 Å². The number of carboxylic acid groups (broad SMARTS) is 2. The van der Waals surface area contributed by atoms with Crippen molar-refractivity contribution in [3.63, 3.8) is 0 Å². The van der Waals surface area contributed by atoms with E-state index < -0.39 is 71.3 Å². The Hall–Kier alpha value is -5.42. The molecular formula is C28H36N6O12. The maximum atomic E-state index is 13.2. The molecule has 2 aliphatic heterocycles. The summed E-state index contributed by atoms with van der Waals surface area (Å²) in [7, 11) is 0. The molecule has 0 bridgehead atoms. The zero-order chi connectivity index (χ0) is 34.2. The lowest BCUT2D eigenvalue weighted by Crippen LogP contribution is -2.63. The number of nitrogens with zero attached hydrogens (tertiary/aromatic N) is 2. The number of carboxylic acids is 2. The van der Waals surface area contributed by atoms with Gasteiger partial charge in [0.15, 0.2) is 0 Å². The van der Waals surface area contributed by atoms with E-state index in [-0.39, 0.29) is 77.5 Å². The largest absolute Gasteiger partial charge is 0.481 e. The molecule has 18 nitrogen and oxygen atoms in total. The summed E-state index contributed by atoms with van der Waals surface area (Å²) in [6.45, 7) is -0.523. The minimum atomic E-state index is -1.73. The Kier molecular flexibility index (Phi) is 14.7. The van der Waals surface area contributed by atoms with Gasteiger partial charge in [-0.25, -0.2) is 0 Å². The van der Waals surface area contributed by atoms with Crippen LogP contribution in [0.25, 0.3) is 0 Å². The lowest BCUT2D eigenvalue weighted by molar-refractivity contribution is -0.139. The van der Waals surface area contributed by atoms with Crippen LogP contribution in [0.5, 0.6) is 0 Å². The number of rotatable bonds is 21. The van der Waals surface area contributed by atoms with Crippen molar-refractivity contribution >= 4 is 59.2 Å². The molecule has 18 heteroatoms. The molecule has 0 aromatic rings. The predicted octanol–water partition coefficient (Wildman–Crippen LogP) is -2.67. The molecule has 2 rings (SSSR count). The summed E-state index contributed by atoms with van der Waals surface area (Å²) >= 11 is 0. The van der Waals surface area contributed by atoms with Gasteiger partial charge in [-0.1, -0.05) is 0 Å². The highest BCUT2D eigenvalue weighted by Gasteiger charge is 2.36. The van der Waals surface area contributed by atoms with Gasteiger partial charge in [0.05, 0.1) is 0 Å². The minimum Gasteiger partial charge on any atom is -0.481 e. The molecule has 8 amide bonds. The Morgan fingerprint density at radius 1 is 0.543 bits per heavy atom. The first-order chi connectivity index (χ1) is 21.8. The fourth-order valence-electron chi connectivity index (χ4n) is 4.31. The number of nitrogens with one attached hydrogen (secondary N) is 4. The third kappa shape index (κ3) is 12.3. The molecule has 0 aromatic heterocycles. The molecule has 2 aliphatic rings. The number of imide groups is 2. The quantitative estimate of drug-likeness (QED) is 0.0550. The van der Waals surface area contributed by atoms with Crippen LogP contribution in [0.4, 0.5) is 0 Å². The molecule has 0 saturated heterocycles. The number of amides is 8. The summed E-state index contributed by atoms with van der Waals surface area (Å²) in [5, 5.41) is 27.3. The van der Waals surface area contributed by atoms with Crippen LogP contribution < -0.4 is 21.3 Å². The van der Waals surface area contributed by atoms with Gasteiger partial charge in [-0.05, 0) is 25.7 Å². The summed E-state index contributed by atoms with van der Waals surface area (Å²) in [6, 6.07) is -3.47. The van der Waals surface area contributed by atoms with Gasteiger partial charge in [0, 0.05) is 76.2 Å². The zero-order valence-electron chi connectivity index (χ0n) is 24.8.